The topological polar surface area (TPSA) is 71.1 Å². The van der Waals surface area contributed by atoms with Crippen molar-refractivity contribution in [2.24, 2.45) is 0 Å². The molecular weight excluding hydrogens is 276 g/mol. The van der Waals surface area contributed by atoms with Crippen molar-refractivity contribution >= 4 is 11.9 Å². The number of allylic oxidation sites excluding steroid dienone is 1. The Labute approximate surface area is 123 Å². The van der Waals surface area contributed by atoms with E-state index in [0.717, 1.165) is 5.57 Å². The van der Waals surface area contributed by atoms with Crippen LogP contribution < -0.4 is 14.2 Å². The molecule has 0 radical (unpaired) electrons. The van der Waals surface area contributed by atoms with Crippen LogP contribution in [0.2, 0.25) is 0 Å². The van der Waals surface area contributed by atoms with Gasteiger partial charge in [-0.25, -0.2) is 9.59 Å². The van der Waals surface area contributed by atoms with Crippen LogP contribution in [-0.4, -0.2) is 33.3 Å². The molecular formula is C15H18O6. The Morgan fingerprint density at radius 2 is 1.52 bits per heavy atom. The first-order valence-electron chi connectivity index (χ1n) is 6.14. The van der Waals surface area contributed by atoms with Gasteiger partial charge in [0.25, 0.3) is 0 Å². The molecule has 0 aliphatic rings. The lowest BCUT2D eigenvalue weighted by molar-refractivity contribution is -0.129. The second kappa shape index (κ2) is 7.33. The second-order valence-electron chi connectivity index (χ2n) is 4.34. The van der Waals surface area contributed by atoms with Crippen molar-refractivity contribution in [2.45, 2.75) is 13.8 Å². The molecule has 0 aliphatic heterocycles. The quantitative estimate of drug-likeness (QED) is 0.471. The van der Waals surface area contributed by atoms with Gasteiger partial charge in [-0.05, 0) is 26.0 Å². The average Bonchev–Trinajstić information content (AvgIpc) is 2.45. The summed E-state index contributed by atoms with van der Waals surface area (Å²) in [6, 6.07) is 2.83. The Bertz CT molecular complexity index is 545. The number of ether oxygens (including phenoxy) is 4. The molecule has 0 saturated heterocycles. The van der Waals surface area contributed by atoms with Gasteiger partial charge in [0.2, 0.25) is 5.75 Å². The van der Waals surface area contributed by atoms with Gasteiger partial charge < -0.3 is 18.9 Å². The summed E-state index contributed by atoms with van der Waals surface area (Å²) in [5, 5.41) is 0. The standard InChI is InChI=1S/C15H18O6/c1-9(2)6-13(16)21-14-11(18-3)7-10(15(17)20-5)8-12(14)19-4/h6-8H,1-5H3. The predicted octanol–water partition coefficient (Wildman–Crippen LogP) is 2.36. The largest absolute Gasteiger partial charge is 0.493 e. The summed E-state index contributed by atoms with van der Waals surface area (Å²) in [7, 11) is 4.06. The molecule has 0 fully saturated rings. The molecule has 1 aromatic rings. The molecule has 114 valence electrons. The van der Waals surface area contributed by atoms with E-state index in [0.29, 0.717) is 0 Å². The summed E-state index contributed by atoms with van der Waals surface area (Å²) in [6.07, 6.45) is 1.34. The van der Waals surface area contributed by atoms with Gasteiger partial charge in [0, 0.05) is 6.08 Å². The monoisotopic (exact) mass is 294 g/mol. The third kappa shape index (κ3) is 4.24. The zero-order chi connectivity index (χ0) is 16.0. The van der Waals surface area contributed by atoms with E-state index in [1.807, 2.05) is 0 Å². The van der Waals surface area contributed by atoms with Gasteiger partial charge in [-0.1, -0.05) is 5.57 Å². The van der Waals surface area contributed by atoms with Crippen LogP contribution in [0.4, 0.5) is 0 Å². The van der Waals surface area contributed by atoms with E-state index < -0.39 is 11.9 Å². The maximum Gasteiger partial charge on any atom is 0.338 e. The number of hydrogen-bond acceptors (Lipinski definition) is 6. The molecule has 6 nitrogen and oxygen atoms in total. The summed E-state index contributed by atoms with van der Waals surface area (Å²) in [6.45, 7) is 3.55. The van der Waals surface area contributed by atoms with E-state index in [1.54, 1.807) is 13.8 Å². The van der Waals surface area contributed by atoms with Gasteiger partial charge in [0.05, 0.1) is 26.9 Å². The fraction of sp³-hybridized carbons (Fsp3) is 0.333. The van der Waals surface area contributed by atoms with Crippen molar-refractivity contribution in [1.29, 1.82) is 0 Å². The Hall–Kier alpha value is -2.50. The summed E-state index contributed by atoms with van der Waals surface area (Å²) in [5.41, 5.74) is 1.03. The van der Waals surface area contributed by atoms with Crippen LogP contribution in [0.3, 0.4) is 0 Å². The first-order chi connectivity index (χ1) is 9.92. The second-order valence-corrected chi connectivity index (χ2v) is 4.34. The van der Waals surface area contributed by atoms with Crippen molar-refractivity contribution < 1.29 is 28.5 Å². The molecule has 0 unspecified atom stereocenters. The molecule has 0 heterocycles. The lowest BCUT2D eigenvalue weighted by atomic mass is 10.2. The summed E-state index contributed by atoms with van der Waals surface area (Å²) < 4.78 is 20.1. The highest BCUT2D eigenvalue weighted by atomic mass is 16.6. The van der Waals surface area contributed by atoms with Crippen LogP contribution in [0, 0.1) is 0 Å². The number of hydrogen-bond donors (Lipinski definition) is 0. The normalized spacial score (nSPS) is 9.57. The highest BCUT2D eigenvalue weighted by Gasteiger charge is 2.19. The van der Waals surface area contributed by atoms with Crippen molar-refractivity contribution in [3.63, 3.8) is 0 Å². The molecule has 1 aromatic carbocycles. The molecule has 0 aromatic heterocycles. The summed E-state index contributed by atoms with van der Waals surface area (Å²) >= 11 is 0. The molecule has 0 spiro atoms. The highest BCUT2D eigenvalue weighted by Crippen LogP contribution is 2.38. The number of carbonyl (C=O) groups excluding carboxylic acids is 2. The first-order valence-corrected chi connectivity index (χ1v) is 6.14. The fourth-order valence-corrected chi connectivity index (χ4v) is 1.58. The third-order valence-corrected chi connectivity index (χ3v) is 2.49. The average molecular weight is 294 g/mol. The lowest BCUT2D eigenvalue weighted by Gasteiger charge is -2.13. The molecule has 0 saturated carbocycles. The number of rotatable bonds is 5. The number of benzene rings is 1. The van der Waals surface area contributed by atoms with Crippen molar-refractivity contribution in [3.05, 3.63) is 29.3 Å². The molecule has 21 heavy (non-hydrogen) atoms. The lowest BCUT2D eigenvalue weighted by Crippen LogP contribution is -2.09. The predicted molar refractivity (Wildman–Crippen MR) is 76.0 cm³/mol. The van der Waals surface area contributed by atoms with Crippen LogP contribution in [0.15, 0.2) is 23.8 Å². The summed E-state index contributed by atoms with van der Waals surface area (Å²) in [5.74, 6) is -0.600. The highest BCUT2D eigenvalue weighted by molar-refractivity contribution is 5.92. The Morgan fingerprint density at radius 1 is 1.00 bits per heavy atom. The minimum Gasteiger partial charge on any atom is -0.493 e. The van der Waals surface area contributed by atoms with E-state index in [-0.39, 0.29) is 22.8 Å². The Morgan fingerprint density at radius 3 is 1.90 bits per heavy atom. The first kappa shape index (κ1) is 16.6. The molecule has 0 bridgehead atoms. The van der Waals surface area contributed by atoms with Crippen LogP contribution in [-0.2, 0) is 9.53 Å². The van der Waals surface area contributed by atoms with Gasteiger partial charge in [0.15, 0.2) is 11.5 Å². The van der Waals surface area contributed by atoms with E-state index >= 15 is 0 Å². The minimum absolute atomic E-state index is 0.107. The molecule has 0 atom stereocenters. The van der Waals surface area contributed by atoms with Gasteiger partial charge in [-0.2, -0.15) is 0 Å². The van der Waals surface area contributed by atoms with Gasteiger partial charge in [-0.3, -0.25) is 0 Å². The van der Waals surface area contributed by atoms with Crippen molar-refractivity contribution in [1.82, 2.24) is 0 Å². The van der Waals surface area contributed by atoms with Gasteiger partial charge in [0.1, 0.15) is 0 Å². The number of esters is 2. The number of carbonyl (C=O) groups is 2. The Balaban J connectivity index is 3.27. The van der Waals surface area contributed by atoms with Crippen LogP contribution >= 0.6 is 0 Å². The fourth-order valence-electron chi connectivity index (χ4n) is 1.58. The molecule has 6 heteroatoms. The van der Waals surface area contributed by atoms with Crippen molar-refractivity contribution in [3.8, 4) is 17.2 Å². The van der Waals surface area contributed by atoms with E-state index in [2.05, 4.69) is 4.74 Å². The minimum atomic E-state index is -0.558. The Kier molecular flexibility index (Phi) is 5.78. The third-order valence-electron chi connectivity index (χ3n) is 2.49. The van der Waals surface area contributed by atoms with E-state index in [4.69, 9.17) is 14.2 Å². The van der Waals surface area contributed by atoms with Gasteiger partial charge in [-0.15, -0.1) is 0 Å². The van der Waals surface area contributed by atoms with Crippen molar-refractivity contribution in [2.75, 3.05) is 21.3 Å². The van der Waals surface area contributed by atoms with Crippen LogP contribution in [0.5, 0.6) is 17.2 Å². The van der Waals surface area contributed by atoms with E-state index in [9.17, 15) is 9.59 Å². The maximum atomic E-state index is 11.7. The number of methoxy groups -OCH3 is 3. The van der Waals surface area contributed by atoms with Gasteiger partial charge >= 0.3 is 11.9 Å². The maximum absolute atomic E-state index is 11.7. The smallest absolute Gasteiger partial charge is 0.338 e. The summed E-state index contributed by atoms with van der Waals surface area (Å²) in [4.78, 5) is 23.3. The molecule has 0 amide bonds. The molecule has 0 N–H and O–H groups in total. The van der Waals surface area contributed by atoms with Crippen LogP contribution in [0.25, 0.3) is 0 Å². The van der Waals surface area contributed by atoms with Crippen LogP contribution in [0.1, 0.15) is 24.2 Å². The SMILES string of the molecule is COC(=O)c1cc(OC)c(OC(=O)C=C(C)C)c(OC)c1. The zero-order valence-corrected chi connectivity index (χ0v) is 12.7. The zero-order valence-electron chi connectivity index (χ0n) is 12.7. The van der Waals surface area contributed by atoms with E-state index in [1.165, 1.54) is 39.5 Å². The molecule has 1 rings (SSSR count). The molecule has 0 aliphatic carbocycles.